The van der Waals surface area contributed by atoms with Crippen molar-refractivity contribution in [2.45, 2.75) is 25.3 Å². The molecule has 2 aromatic rings. The maximum atomic E-state index is 12.3. The Bertz CT molecular complexity index is 718. The molecule has 1 aliphatic heterocycles. The van der Waals surface area contributed by atoms with Gasteiger partial charge < -0.3 is 14.8 Å². The van der Waals surface area contributed by atoms with Crippen LogP contribution in [0.15, 0.2) is 21.9 Å². The van der Waals surface area contributed by atoms with Crippen LogP contribution in [0.4, 0.5) is 0 Å². The lowest BCUT2D eigenvalue weighted by Gasteiger charge is -2.24. The summed E-state index contributed by atoms with van der Waals surface area (Å²) in [6.07, 6.45) is 0.456. The fourth-order valence-corrected chi connectivity index (χ4v) is 4.42. The van der Waals surface area contributed by atoms with Gasteiger partial charge in [0.1, 0.15) is 11.3 Å². The fourth-order valence-electron chi connectivity index (χ4n) is 2.45. The van der Waals surface area contributed by atoms with Gasteiger partial charge in [0, 0.05) is 5.75 Å². The number of aryl methyl sites for hydroxylation is 1. The second-order valence-electron chi connectivity index (χ2n) is 5.41. The summed E-state index contributed by atoms with van der Waals surface area (Å²) < 4.78 is 5.60. The average molecular weight is 352 g/mol. The molecular weight excluding hydrogens is 336 g/mol. The molecule has 1 amide bonds. The number of hydrogen-bond donors (Lipinski definition) is 2. The first-order valence-corrected chi connectivity index (χ1v) is 9.16. The van der Waals surface area contributed by atoms with E-state index in [4.69, 9.17) is 4.42 Å². The smallest absolute Gasteiger partial charge is 0.330 e. The lowest BCUT2D eigenvalue weighted by molar-refractivity contribution is -0.146. The number of carboxylic acid groups (broad SMARTS) is 1. The summed E-state index contributed by atoms with van der Waals surface area (Å²) in [5, 5.41) is 14.0. The highest BCUT2D eigenvalue weighted by Gasteiger charge is 2.43. The van der Waals surface area contributed by atoms with Crippen molar-refractivity contribution in [3.8, 4) is 10.8 Å². The molecule has 1 atom stereocenters. The fraction of sp³-hybridized carbons (Fsp3) is 0.400. The van der Waals surface area contributed by atoms with Gasteiger partial charge in [-0.3, -0.25) is 4.79 Å². The lowest BCUT2D eigenvalue weighted by Crippen LogP contribution is -2.55. The van der Waals surface area contributed by atoms with Crippen LogP contribution in [0.5, 0.6) is 0 Å². The molecule has 6 nitrogen and oxygen atoms in total. The van der Waals surface area contributed by atoms with E-state index in [1.807, 2.05) is 17.5 Å². The minimum atomic E-state index is -1.16. The Kier molecular flexibility index (Phi) is 4.45. The number of nitrogens with zero attached hydrogens (tertiary/aromatic N) is 1. The highest BCUT2D eigenvalue weighted by atomic mass is 32.2. The molecule has 8 heteroatoms. The predicted octanol–water partition coefficient (Wildman–Crippen LogP) is 2.33. The van der Waals surface area contributed by atoms with Crippen LogP contribution in [-0.4, -0.2) is 39.0 Å². The first-order valence-electron chi connectivity index (χ1n) is 7.12. The highest BCUT2D eigenvalue weighted by Crippen LogP contribution is 2.29. The van der Waals surface area contributed by atoms with E-state index in [1.165, 1.54) is 23.1 Å². The molecule has 3 rings (SSSR count). The Hall–Kier alpha value is -1.80. The summed E-state index contributed by atoms with van der Waals surface area (Å²) in [6.45, 7) is 1.76. The number of thiophene rings is 1. The van der Waals surface area contributed by atoms with Crippen molar-refractivity contribution < 1.29 is 19.1 Å². The molecule has 2 N–H and O–H groups in total. The van der Waals surface area contributed by atoms with E-state index in [1.54, 1.807) is 6.92 Å². The Balaban J connectivity index is 1.72. The van der Waals surface area contributed by atoms with Crippen molar-refractivity contribution >= 4 is 35.0 Å². The number of oxazole rings is 1. The standard InChI is InChI=1S/C15H16N2O4S2/c1-9-10(16-13(21-9)11-3-2-5-23-11)7-12(18)17-15(14(19)20)4-6-22-8-15/h2-3,5H,4,6-8H2,1H3,(H,17,18)(H,19,20). The van der Waals surface area contributed by atoms with Crippen LogP contribution in [0, 0.1) is 6.92 Å². The molecule has 0 saturated carbocycles. The minimum absolute atomic E-state index is 0.0143. The number of carbonyl (C=O) groups is 2. The SMILES string of the molecule is Cc1oc(-c2cccs2)nc1CC(=O)NC1(C(=O)O)CCSC1. The third-order valence-electron chi connectivity index (χ3n) is 3.76. The number of thioether (sulfide) groups is 1. The average Bonchev–Trinajstić information content (AvgIpc) is 3.21. The molecule has 0 bridgehead atoms. The van der Waals surface area contributed by atoms with Gasteiger partial charge in [-0.1, -0.05) is 6.07 Å². The molecule has 0 spiro atoms. The molecule has 2 aromatic heterocycles. The monoisotopic (exact) mass is 352 g/mol. The number of carboxylic acids is 1. The zero-order valence-corrected chi connectivity index (χ0v) is 14.1. The molecule has 122 valence electrons. The molecule has 0 radical (unpaired) electrons. The lowest BCUT2D eigenvalue weighted by atomic mass is 9.99. The van der Waals surface area contributed by atoms with Crippen molar-refractivity contribution in [3.63, 3.8) is 0 Å². The van der Waals surface area contributed by atoms with Gasteiger partial charge in [-0.05, 0) is 30.5 Å². The number of rotatable bonds is 5. The quantitative estimate of drug-likeness (QED) is 0.858. The summed E-state index contributed by atoms with van der Waals surface area (Å²) in [5.74, 6) is 0.874. The van der Waals surface area contributed by atoms with Crippen LogP contribution in [-0.2, 0) is 16.0 Å². The summed E-state index contributed by atoms with van der Waals surface area (Å²) in [4.78, 5) is 29.0. The summed E-state index contributed by atoms with van der Waals surface area (Å²) in [6, 6.07) is 3.80. The first-order chi connectivity index (χ1) is 11.0. The van der Waals surface area contributed by atoms with Gasteiger partial charge in [-0.25, -0.2) is 9.78 Å². The van der Waals surface area contributed by atoms with Gasteiger partial charge in [0.25, 0.3) is 0 Å². The Morgan fingerprint density at radius 3 is 2.96 bits per heavy atom. The van der Waals surface area contributed by atoms with Crippen LogP contribution in [0.3, 0.4) is 0 Å². The molecule has 23 heavy (non-hydrogen) atoms. The number of nitrogens with one attached hydrogen (secondary N) is 1. The molecule has 0 aromatic carbocycles. The van der Waals surface area contributed by atoms with E-state index in [2.05, 4.69) is 10.3 Å². The first kappa shape index (κ1) is 16.1. The Morgan fingerprint density at radius 2 is 2.35 bits per heavy atom. The van der Waals surface area contributed by atoms with Gasteiger partial charge in [0.15, 0.2) is 0 Å². The Labute approximate surface area is 141 Å². The van der Waals surface area contributed by atoms with Crippen LogP contribution in [0.1, 0.15) is 17.9 Å². The number of aromatic nitrogens is 1. The van der Waals surface area contributed by atoms with E-state index >= 15 is 0 Å². The van der Waals surface area contributed by atoms with Gasteiger partial charge in [0.2, 0.25) is 11.8 Å². The number of aliphatic carboxylic acids is 1. The van der Waals surface area contributed by atoms with Crippen LogP contribution in [0.25, 0.3) is 10.8 Å². The van der Waals surface area contributed by atoms with Crippen LogP contribution >= 0.6 is 23.1 Å². The van der Waals surface area contributed by atoms with E-state index in [0.717, 1.165) is 10.6 Å². The van der Waals surface area contributed by atoms with Gasteiger partial charge in [-0.2, -0.15) is 11.8 Å². The maximum absolute atomic E-state index is 12.3. The van der Waals surface area contributed by atoms with Crippen LogP contribution in [0.2, 0.25) is 0 Å². The van der Waals surface area contributed by atoms with Crippen molar-refractivity contribution in [2.75, 3.05) is 11.5 Å². The summed E-state index contributed by atoms with van der Waals surface area (Å²) in [7, 11) is 0. The van der Waals surface area contributed by atoms with Crippen molar-refractivity contribution in [2.24, 2.45) is 0 Å². The largest absolute Gasteiger partial charge is 0.479 e. The van der Waals surface area contributed by atoms with Gasteiger partial charge >= 0.3 is 5.97 Å². The highest BCUT2D eigenvalue weighted by molar-refractivity contribution is 7.99. The summed E-state index contributed by atoms with van der Waals surface area (Å²) >= 11 is 3.04. The summed E-state index contributed by atoms with van der Waals surface area (Å²) in [5.41, 5.74) is -0.618. The topological polar surface area (TPSA) is 92.4 Å². The zero-order valence-electron chi connectivity index (χ0n) is 12.5. The van der Waals surface area contributed by atoms with Gasteiger partial charge in [-0.15, -0.1) is 11.3 Å². The number of hydrogen-bond acceptors (Lipinski definition) is 6. The second kappa shape index (κ2) is 6.37. The van der Waals surface area contributed by atoms with E-state index < -0.39 is 11.5 Å². The maximum Gasteiger partial charge on any atom is 0.330 e. The van der Waals surface area contributed by atoms with Gasteiger partial charge in [0.05, 0.1) is 17.0 Å². The van der Waals surface area contributed by atoms with E-state index in [0.29, 0.717) is 29.5 Å². The van der Waals surface area contributed by atoms with Crippen molar-refractivity contribution in [1.82, 2.24) is 10.3 Å². The zero-order chi connectivity index (χ0) is 16.4. The van der Waals surface area contributed by atoms with Crippen LogP contribution < -0.4 is 5.32 Å². The normalized spacial score (nSPS) is 20.6. The molecule has 1 fully saturated rings. The van der Waals surface area contributed by atoms with E-state index in [-0.39, 0.29) is 12.3 Å². The van der Waals surface area contributed by atoms with E-state index in [9.17, 15) is 14.7 Å². The minimum Gasteiger partial charge on any atom is -0.479 e. The molecular formula is C15H16N2O4S2. The third-order valence-corrected chi connectivity index (χ3v) is 5.81. The third kappa shape index (κ3) is 3.28. The molecule has 1 aliphatic rings. The molecule has 0 aliphatic carbocycles. The van der Waals surface area contributed by atoms with Crippen molar-refractivity contribution in [1.29, 1.82) is 0 Å². The van der Waals surface area contributed by atoms with Crippen molar-refractivity contribution in [3.05, 3.63) is 29.0 Å². The predicted molar refractivity (Wildman–Crippen MR) is 88.7 cm³/mol. The molecule has 1 unspecified atom stereocenters. The second-order valence-corrected chi connectivity index (χ2v) is 7.47. The number of carbonyl (C=O) groups excluding carboxylic acids is 1. The molecule has 3 heterocycles. The number of amides is 1. The Morgan fingerprint density at radius 1 is 1.52 bits per heavy atom. The molecule has 1 saturated heterocycles.